The van der Waals surface area contributed by atoms with E-state index < -0.39 is 0 Å². The van der Waals surface area contributed by atoms with Crippen LogP contribution in [0.5, 0.6) is 11.5 Å². The van der Waals surface area contributed by atoms with Gasteiger partial charge in [-0.25, -0.2) is 0 Å². The quantitative estimate of drug-likeness (QED) is 0.600. The molecule has 0 unspecified atom stereocenters. The summed E-state index contributed by atoms with van der Waals surface area (Å²) in [5.74, 6) is 1.31. The monoisotopic (exact) mass is 421 g/mol. The summed E-state index contributed by atoms with van der Waals surface area (Å²) in [4.78, 5) is 25.2. The fraction of sp³-hybridized carbons (Fsp3) is 0.318. The topological polar surface area (TPSA) is 110 Å². The lowest BCUT2D eigenvalue weighted by molar-refractivity contribution is 0.0942. The van der Waals surface area contributed by atoms with Gasteiger partial charge in [0.2, 0.25) is 6.79 Å². The number of rotatable bonds is 4. The minimum atomic E-state index is -0.274. The molecule has 2 amide bonds. The molecule has 0 aliphatic carbocycles. The number of hydrogen-bond acceptors (Lipinski definition) is 5. The molecule has 0 saturated heterocycles. The van der Waals surface area contributed by atoms with E-state index in [9.17, 15) is 9.59 Å². The molecule has 160 valence electrons. The van der Waals surface area contributed by atoms with Gasteiger partial charge in [-0.15, -0.1) is 0 Å². The van der Waals surface area contributed by atoms with E-state index in [1.807, 2.05) is 26.1 Å². The van der Waals surface area contributed by atoms with Crippen LogP contribution in [-0.4, -0.2) is 39.4 Å². The normalized spacial score (nSPS) is 14.0. The van der Waals surface area contributed by atoms with Gasteiger partial charge in [-0.3, -0.25) is 14.7 Å². The summed E-state index contributed by atoms with van der Waals surface area (Å²) in [6.45, 7) is 4.80. The van der Waals surface area contributed by atoms with Crippen LogP contribution in [0.3, 0.4) is 0 Å². The van der Waals surface area contributed by atoms with Crippen LogP contribution in [-0.2, 0) is 13.0 Å². The van der Waals surface area contributed by atoms with Crippen molar-refractivity contribution in [2.75, 3.05) is 12.1 Å². The number of anilines is 1. The molecule has 0 atom stereocenters. The molecule has 0 saturated carbocycles. The van der Waals surface area contributed by atoms with Gasteiger partial charge < -0.3 is 24.7 Å². The van der Waals surface area contributed by atoms with Crippen LogP contribution in [0, 0.1) is 0 Å². The van der Waals surface area contributed by atoms with Crippen molar-refractivity contribution in [3.63, 3.8) is 0 Å². The molecule has 0 spiro atoms. The Hall–Kier alpha value is -3.75. The maximum absolute atomic E-state index is 12.8. The van der Waals surface area contributed by atoms with E-state index in [0.717, 1.165) is 36.3 Å². The molecule has 5 rings (SSSR count). The zero-order valence-electron chi connectivity index (χ0n) is 17.3. The smallest absolute Gasteiger partial charge is 0.257 e. The van der Waals surface area contributed by atoms with Crippen LogP contribution in [0.4, 0.5) is 5.82 Å². The minimum absolute atomic E-state index is 0.0629. The Morgan fingerprint density at radius 1 is 1.13 bits per heavy atom. The zero-order chi connectivity index (χ0) is 21.5. The molecule has 4 heterocycles. The molecular weight excluding hydrogens is 398 g/mol. The third kappa shape index (κ3) is 3.52. The molecule has 3 N–H and O–H groups in total. The Kier molecular flexibility index (Phi) is 4.65. The van der Waals surface area contributed by atoms with Crippen molar-refractivity contribution in [1.29, 1.82) is 0 Å². The first-order valence-corrected chi connectivity index (χ1v) is 10.3. The fourth-order valence-electron chi connectivity index (χ4n) is 3.94. The average molecular weight is 421 g/mol. The maximum Gasteiger partial charge on any atom is 0.257 e. The van der Waals surface area contributed by atoms with Crippen LogP contribution >= 0.6 is 0 Å². The molecule has 2 aliphatic heterocycles. The molecule has 9 heteroatoms. The predicted molar refractivity (Wildman–Crippen MR) is 113 cm³/mol. The number of H-pyrrole nitrogens is 1. The molecule has 0 radical (unpaired) electrons. The van der Waals surface area contributed by atoms with Crippen LogP contribution in [0.2, 0.25) is 0 Å². The van der Waals surface area contributed by atoms with Gasteiger partial charge in [0, 0.05) is 29.9 Å². The number of ether oxygens (including phenoxy) is 2. The summed E-state index contributed by atoms with van der Waals surface area (Å²) in [6, 6.07) is 7.00. The van der Waals surface area contributed by atoms with Crippen molar-refractivity contribution < 1.29 is 19.1 Å². The number of aromatic nitrogens is 3. The number of nitrogens with one attached hydrogen (secondary N) is 3. The average Bonchev–Trinajstić information content (AvgIpc) is 3.44. The van der Waals surface area contributed by atoms with Crippen LogP contribution in [0.25, 0.3) is 11.4 Å². The standard InChI is InChI=1S/C22H23N5O4/c1-12(2)23-22(29)14-8-16-19-15(4-3-7-27(16)10-14)20(26-25-19)24-21(28)13-5-6-17-18(9-13)31-11-30-17/h5-6,8-10,12H,3-4,7,11H2,1-2H3,(H,23,29)(H2,24,25,26,28). The van der Waals surface area contributed by atoms with Gasteiger partial charge in [-0.05, 0) is 51.0 Å². The number of benzene rings is 1. The van der Waals surface area contributed by atoms with Crippen LogP contribution < -0.4 is 20.1 Å². The lowest BCUT2D eigenvalue weighted by Gasteiger charge is -2.07. The number of carbonyl (C=O) groups is 2. The van der Waals surface area contributed by atoms with Gasteiger partial charge >= 0.3 is 0 Å². The van der Waals surface area contributed by atoms with Gasteiger partial charge in [-0.2, -0.15) is 5.10 Å². The summed E-state index contributed by atoms with van der Waals surface area (Å²) >= 11 is 0. The number of amides is 2. The first kappa shape index (κ1) is 19.2. The number of nitrogens with zero attached hydrogens (tertiary/aromatic N) is 2. The van der Waals surface area contributed by atoms with Crippen molar-refractivity contribution in [3.05, 3.63) is 47.2 Å². The van der Waals surface area contributed by atoms with Gasteiger partial charge in [0.05, 0.1) is 17.0 Å². The van der Waals surface area contributed by atoms with Crippen LogP contribution in [0.1, 0.15) is 46.5 Å². The van der Waals surface area contributed by atoms with E-state index in [1.54, 1.807) is 18.2 Å². The summed E-state index contributed by atoms with van der Waals surface area (Å²) in [6.07, 6.45) is 3.50. The number of fused-ring (bicyclic) bond motifs is 4. The lowest BCUT2D eigenvalue weighted by Crippen LogP contribution is -2.29. The molecule has 1 aromatic carbocycles. The second-order valence-corrected chi connectivity index (χ2v) is 7.99. The predicted octanol–water partition coefficient (Wildman–Crippen LogP) is 2.94. The van der Waals surface area contributed by atoms with Crippen molar-refractivity contribution in [3.8, 4) is 22.9 Å². The van der Waals surface area contributed by atoms with Crippen molar-refractivity contribution in [1.82, 2.24) is 20.1 Å². The highest BCUT2D eigenvalue weighted by molar-refractivity contribution is 6.05. The number of aryl methyl sites for hydroxylation is 1. The van der Waals surface area contributed by atoms with Gasteiger partial charge in [0.1, 0.15) is 0 Å². The summed E-state index contributed by atoms with van der Waals surface area (Å²) in [5.41, 5.74) is 3.71. The van der Waals surface area contributed by atoms with E-state index in [-0.39, 0.29) is 24.6 Å². The Morgan fingerprint density at radius 2 is 1.97 bits per heavy atom. The second kappa shape index (κ2) is 7.50. The van der Waals surface area contributed by atoms with E-state index >= 15 is 0 Å². The van der Waals surface area contributed by atoms with Crippen molar-refractivity contribution in [2.45, 2.75) is 39.3 Å². The molecule has 0 bridgehead atoms. The van der Waals surface area contributed by atoms with Gasteiger partial charge in [0.25, 0.3) is 11.8 Å². The third-order valence-electron chi connectivity index (χ3n) is 5.39. The Bertz CT molecular complexity index is 1180. The highest BCUT2D eigenvalue weighted by Gasteiger charge is 2.24. The van der Waals surface area contributed by atoms with E-state index in [4.69, 9.17) is 9.47 Å². The fourth-order valence-corrected chi connectivity index (χ4v) is 3.94. The molecule has 9 nitrogen and oxygen atoms in total. The van der Waals surface area contributed by atoms with E-state index in [2.05, 4.69) is 25.4 Å². The molecule has 3 aromatic rings. The summed E-state index contributed by atoms with van der Waals surface area (Å²) in [5, 5.41) is 13.2. The number of aromatic amines is 1. The highest BCUT2D eigenvalue weighted by Crippen LogP contribution is 2.34. The summed E-state index contributed by atoms with van der Waals surface area (Å²) in [7, 11) is 0. The summed E-state index contributed by atoms with van der Waals surface area (Å²) < 4.78 is 12.7. The molecule has 31 heavy (non-hydrogen) atoms. The van der Waals surface area contributed by atoms with Gasteiger partial charge in [-0.1, -0.05) is 0 Å². The molecular formula is C22H23N5O4. The third-order valence-corrected chi connectivity index (χ3v) is 5.39. The van der Waals surface area contributed by atoms with Gasteiger partial charge in [0.15, 0.2) is 17.3 Å². The first-order chi connectivity index (χ1) is 15.0. The Labute approximate surface area is 178 Å². The largest absolute Gasteiger partial charge is 0.454 e. The molecule has 0 fully saturated rings. The number of carbonyl (C=O) groups excluding carboxylic acids is 2. The lowest BCUT2D eigenvalue weighted by atomic mass is 10.1. The molecule has 2 aromatic heterocycles. The molecule has 2 aliphatic rings. The minimum Gasteiger partial charge on any atom is -0.454 e. The maximum atomic E-state index is 12.8. The Morgan fingerprint density at radius 3 is 2.81 bits per heavy atom. The van der Waals surface area contributed by atoms with Crippen LogP contribution in [0.15, 0.2) is 30.5 Å². The van der Waals surface area contributed by atoms with Crippen molar-refractivity contribution >= 4 is 17.6 Å². The Balaban J connectivity index is 1.41. The number of hydrogen-bond donors (Lipinski definition) is 3. The van der Waals surface area contributed by atoms with E-state index in [0.29, 0.717) is 28.4 Å². The highest BCUT2D eigenvalue weighted by atomic mass is 16.7. The second-order valence-electron chi connectivity index (χ2n) is 7.99. The SMILES string of the molecule is CC(C)NC(=O)c1cc2n(c1)CCCc1c(NC(=O)c3ccc4c(c3)OCO4)n[nH]c1-2. The zero-order valence-corrected chi connectivity index (χ0v) is 17.3. The van der Waals surface area contributed by atoms with E-state index in [1.165, 1.54) is 0 Å². The van der Waals surface area contributed by atoms with Crippen molar-refractivity contribution in [2.24, 2.45) is 0 Å². The first-order valence-electron chi connectivity index (χ1n) is 10.3.